The molecule has 0 unspecified atom stereocenters. The zero-order valence-corrected chi connectivity index (χ0v) is 18.3. The average Bonchev–Trinajstić information content (AvgIpc) is 3.30. The number of aromatic nitrogens is 4. The van der Waals surface area contributed by atoms with Gasteiger partial charge in [-0.3, -0.25) is 4.79 Å². The minimum Gasteiger partial charge on any atom is -0.362 e. The summed E-state index contributed by atoms with van der Waals surface area (Å²) < 4.78 is 0. The first-order valence-corrected chi connectivity index (χ1v) is 11.0. The van der Waals surface area contributed by atoms with Gasteiger partial charge < -0.3 is 20.5 Å². The van der Waals surface area contributed by atoms with E-state index >= 15 is 0 Å². The van der Waals surface area contributed by atoms with Gasteiger partial charge in [0.2, 0.25) is 11.9 Å². The van der Waals surface area contributed by atoms with Crippen molar-refractivity contribution in [2.24, 2.45) is 5.92 Å². The van der Waals surface area contributed by atoms with Crippen LogP contribution in [0.15, 0.2) is 36.8 Å². The van der Waals surface area contributed by atoms with Crippen LogP contribution in [0.5, 0.6) is 0 Å². The number of hydrogen-bond acceptors (Lipinski definition) is 6. The van der Waals surface area contributed by atoms with E-state index in [1.54, 1.807) is 12.5 Å². The van der Waals surface area contributed by atoms with Crippen LogP contribution in [0.1, 0.15) is 37.8 Å². The van der Waals surface area contributed by atoms with Gasteiger partial charge in [0.25, 0.3) is 0 Å². The smallest absolute Gasteiger partial charge is 0.225 e. The molecule has 4 rings (SSSR count). The molecule has 1 fully saturated rings. The Morgan fingerprint density at radius 3 is 2.71 bits per heavy atom. The molecule has 8 heteroatoms. The van der Waals surface area contributed by atoms with Crippen molar-refractivity contribution in [3.05, 3.63) is 42.5 Å². The Morgan fingerprint density at radius 2 is 1.97 bits per heavy atom. The fourth-order valence-electron chi connectivity index (χ4n) is 4.17. The summed E-state index contributed by atoms with van der Waals surface area (Å²) in [6.45, 7) is 0.756. The van der Waals surface area contributed by atoms with Crippen LogP contribution in [0.4, 0.5) is 11.8 Å². The number of carbonyl (C=O) groups is 1. The first kappa shape index (κ1) is 21.1. The minimum atomic E-state index is 0.107. The maximum atomic E-state index is 12.1. The van der Waals surface area contributed by atoms with E-state index < -0.39 is 0 Å². The molecule has 1 amide bonds. The Balaban J connectivity index is 1.25. The van der Waals surface area contributed by atoms with Crippen molar-refractivity contribution in [2.45, 2.75) is 44.6 Å². The Morgan fingerprint density at radius 1 is 1.16 bits per heavy atom. The van der Waals surface area contributed by atoms with Gasteiger partial charge >= 0.3 is 0 Å². The number of carbonyl (C=O) groups excluding carboxylic acids is 1. The molecule has 1 saturated carbocycles. The molecule has 0 aliphatic heterocycles. The third-order valence-corrected chi connectivity index (χ3v) is 5.95. The zero-order chi connectivity index (χ0) is 21.6. The standard InChI is InChI=1S/C23H31N7O/c1-30(2)22-19-5-3-4-6-20(19)28-23(29-22)27-17-9-7-16(8-10-17)13-25-21(31)12-11-18-14-24-15-26-18/h3-6,14-17H,7-13H2,1-2H3,(H,24,26)(H,25,31)(H,27,28,29). The fourth-order valence-corrected chi connectivity index (χ4v) is 4.17. The summed E-state index contributed by atoms with van der Waals surface area (Å²) in [5, 5.41) is 7.70. The number of nitrogens with zero attached hydrogens (tertiary/aromatic N) is 4. The van der Waals surface area contributed by atoms with Crippen molar-refractivity contribution in [2.75, 3.05) is 30.9 Å². The minimum absolute atomic E-state index is 0.107. The number of H-pyrrole nitrogens is 1. The number of para-hydroxylation sites is 1. The molecule has 1 aromatic carbocycles. The normalized spacial score (nSPS) is 18.6. The fraction of sp³-hybridized carbons (Fsp3) is 0.478. The molecule has 3 aromatic rings. The van der Waals surface area contributed by atoms with Crippen molar-refractivity contribution in [1.29, 1.82) is 0 Å². The number of benzene rings is 1. The van der Waals surface area contributed by atoms with Crippen LogP contribution in [0.2, 0.25) is 0 Å². The van der Waals surface area contributed by atoms with E-state index in [0.717, 1.165) is 54.6 Å². The second-order valence-corrected chi connectivity index (χ2v) is 8.53. The molecular formula is C23H31N7O. The predicted octanol–water partition coefficient (Wildman–Crippen LogP) is 3.14. The number of rotatable bonds is 8. The van der Waals surface area contributed by atoms with Crippen molar-refractivity contribution >= 4 is 28.6 Å². The van der Waals surface area contributed by atoms with Crippen LogP contribution in [0.3, 0.4) is 0 Å². The summed E-state index contributed by atoms with van der Waals surface area (Å²) in [7, 11) is 4.01. The summed E-state index contributed by atoms with van der Waals surface area (Å²) in [6.07, 6.45) is 8.89. The second kappa shape index (κ2) is 9.76. The summed E-state index contributed by atoms with van der Waals surface area (Å²) in [4.78, 5) is 30.6. The molecule has 0 bridgehead atoms. The van der Waals surface area contributed by atoms with Gasteiger partial charge in [0.1, 0.15) is 5.82 Å². The quantitative estimate of drug-likeness (QED) is 0.517. The van der Waals surface area contributed by atoms with E-state index in [1.165, 1.54) is 0 Å². The Labute approximate surface area is 182 Å². The number of nitrogens with one attached hydrogen (secondary N) is 3. The first-order chi connectivity index (χ1) is 15.1. The molecule has 2 heterocycles. The summed E-state index contributed by atoms with van der Waals surface area (Å²) in [6, 6.07) is 8.48. The number of imidazole rings is 1. The molecule has 0 radical (unpaired) electrons. The van der Waals surface area contributed by atoms with E-state index in [1.807, 2.05) is 37.2 Å². The molecule has 8 nitrogen and oxygen atoms in total. The van der Waals surface area contributed by atoms with Crippen molar-refractivity contribution in [3.63, 3.8) is 0 Å². The third kappa shape index (κ3) is 5.51. The Hall–Kier alpha value is -3.16. The van der Waals surface area contributed by atoms with Crippen LogP contribution in [-0.4, -0.2) is 52.5 Å². The second-order valence-electron chi connectivity index (χ2n) is 8.53. The number of amides is 1. The van der Waals surface area contributed by atoms with Crippen LogP contribution >= 0.6 is 0 Å². The van der Waals surface area contributed by atoms with E-state index in [2.05, 4.69) is 26.7 Å². The molecule has 0 saturated heterocycles. The number of aromatic amines is 1. The molecule has 3 N–H and O–H groups in total. The van der Waals surface area contributed by atoms with Crippen molar-refractivity contribution in [3.8, 4) is 0 Å². The van der Waals surface area contributed by atoms with E-state index in [4.69, 9.17) is 9.97 Å². The lowest BCUT2D eigenvalue weighted by Gasteiger charge is -2.29. The highest BCUT2D eigenvalue weighted by molar-refractivity contribution is 5.90. The summed E-state index contributed by atoms with van der Waals surface area (Å²) in [5.74, 6) is 2.26. The maximum Gasteiger partial charge on any atom is 0.225 e. The first-order valence-electron chi connectivity index (χ1n) is 11.0. The van der Waals surface area contributed by atoms with Crippen LogP contribution < -0.4 is 15.5 Å². The van der Waals surface area contributed by atoms with Gasteiger partial charge in [0.05, 0.1) is 11.8 Å². The van der Waals surface area contributed by atoms with Crippen molar-refractivity contribution < 1.29 is 4.79 Å². The van der Waals surface area contributed by atoms with E-state index in [0.29, 0.717) is 30.7 Å². The highest BCUT2D eigenvalue weighted by Crippen LogP contribution is 2.28. The molecule has 1 aliphatic carbocycles. The summed E-state index contributed by atoms with van der Waals surface area (Å²) in [5.41, 5.74) is 1.95. The van der Waals surface area contributed by atoms with Crippen LogP contribution in [-0.2, 0) is 11.2 Å². The van der Waals surface area contributed by atoms with Gasteiger partial charge in [0.15, 0.2) is 0 Å². The highest BCUT2D eigenvalue weighted by atomic mass is 16.1. The van der Waals surface area contributed by atoms with Crippen LogP contribution in [0, 0.1) is 5.92 Å². The predicted molar refractivity (Wildman–Crippen MR) is 123 cm³/mol. The number of fused-ring (bicyclic) bond motifs is 1. The van der Waals surface area contributed by atoms with Crippen molar-refractivity contribution in [1.82, 2.24) is 25.3 Å². The third-order valence-electron chi connectivity index (χ3n) is 5.95. The van der Waals surface area contributed by atoms with Crippen LogP contribution in [0.25, 0.3) is 10.9 Å². The molecule has 31 heavy (non-hydrogen) atoms. The maximum absolute atomic E-state index is 12.1. The lowest BCUT2D eigenvalue weighted by Crippen LogP contribution is -2.34. The monoisotopic (exact) mass is 421 g/mol. The molecule has 164 valence electrons. The highest BCUT2D eigenvalue weighted by Gasteiger charge is 2.22. The van der Waals surface area contributed by atoms with E-state index in [9.17, 15) is 4.79 Å². The van der Waals surface area contributed by atoms with Gasteiger partial charge in [-0.15, -0.1) is 0 Å². The Kier molecular flexibility index (Phi) is 6.64. The van der Waals surface area contributed by atoms with E-state index in [-0.39, 0.29) is 5.91 Å². The SMILES string of the molecule is CN(C)c1nc(NC2CCC(CNC(=O)CCc3cnc[nH]3)CC2)nc2ccccc12. The average molecular weight is 422 g/mol. The summed E-state index contributed by atoms with van der Waals surface area (Å²) >= 11 is 0. The Bertz CT molecular complexity index is 994. The molecule has 2 aromatic heterocycles. The molecular weight excluding hydrogens is 390 g/mol. The molecule has 1 aliphatic rings. The van der Waals surface area contributed by atoms with Gasteiger partial charge in [-0.1, -0.05) is 12.1 Å². The molecule has 0 atom stereocenters. The number of aryl methyl sites for hydroxylation is 1. The number of anilines is 2. The van der Waals surface area contributed by atoms with Gasteiger partial charge in [-0.25, -0.2) is 9.97 Å². The lowest BCUT2D eigenvalue weighted by atomic mass is 9.86. The van der Waals surface area contributed by atoms with Gasteiger partial charge in [0, 0.05) is 50.4 Å². The zero-order valence-electron chi connectivity index (χ0n) is 18.3. The van der Waals surface area contributed by atoms with Gasteiger partial charge in [-0.2, -0.15) is 4.98 Å². The lowest BCUT2D eigenvalue weighted by molar-refractivity contribution is -0.121. The number of hydrogen-bond donors (Lipinski definition) is 3. The van der Waals surface area contributed by atoms with Gasteiger partial charge in [-0.05, 0) is 50.2 Å². The topological polar surface area (TPSA) is 98.8 Å². The molecule has 0 spiro atoms. The largest absolute Gasteiger partial charge is 0.362 e.